The summed E-state index contributed by atoms with van der Waals surface area (Å²) in [7, 11) is 5.79. The van der Waals surface area contributed by atoms with Gasteiger partial charge < -0.3 is 28.6 Å². The van der Waals surface area contributed by atoms with E-state index in [2.05, 4.69) is 10.1 Å². The van der Waals surface area contributed by atoms with Crippen LogP contribution in [0.2, 0.25) is 0 Å². The summed E-state index contributed by atoms with van der Waals surface area (Å²) in [5.74, 6) is 1.48. The third-order valence-electron chi connectivity index (χ3n) is 5.39. The number of amides is 1. The number of nitrogens with one attached hydrogen (secondary N) is 1. The van der Waals surface area contributed by atoms with Gasteiger partial charge in [-0.25, -0.2) is 9.59 Å². The van der Waals surface area contributed by atoms with Crippen molar-refractivity contribution in [3.05, 3.63) is 59.7 Å². The van der Waals surface area contributed by atoms with E-state index in [-0.39, 0.29) is 18.6 Å². The fraction of sp³-hybridized carbons (Fsp3) is 0.391. The number of methoxy groups -OCH3 is 4. The second-order valence-corrected chi connectivity index (χ2v) is 7.24. The van der Waals surface area contributed by atoms with Crippen LogP contribution in [0.1, 0.15) is 17.2 Å². The van der Waals surface area contributed by atoms with E-state index in [0.29, 0.717) is 6.54 Å². The van der Waals surface area contributed by atoms with Crippen LogP contribution in [0.4, 0.5) is 9.59 Å². The number of ether oxygens (including phenoxy) is 5. The first-order chi connectivity index (χ1) is 15.5. The van der Waals surface area contributed by atoms with Crippen molar-refractivity contribution in [1.29, 1.82) is 0 Å². The zero-order chi connectivity index (χ0) is 23.1. The van der Waals surface area contributed by atoms with E-state index in [1.54, 1.807) is 14.2 Å². The molecule has 1 saturated heterocycles. The van der Waals surface area contributed by atoms with Gasteiger partial charge in [0.1, 0.15) is 17.6 Å². The summed E-state index contributed by atoms with van der Waals surface area (Å²) in [6.07, 6.45) is -1.90. The third-order valence-corrected chi connectivity index (χ3v) is 5.39. The van der Waals surface area contributed by atoms with Crippen LogP contribution in [-0.2, 0) is 14.2 Å². The fourth-order valence-electron chi connectivity index (χ4n) is 3.69. The lowest BCUT2D eigenvalue weighted by Gasteiger charge is -2.27. The highest BCUT2D eigenvalue weighted by molar-refractivity contribution is 5.68. The summed E-state index contributed by atoms with van der Waals surface area (Å²) in [5.41, 5.74) is 1.95. The summed E-state index contributed by atoms with van der Waals surface area (Å²) in [5, 5.41) is 3.55. The van der Waals surface area contributed by atoms with Crippen molar-refractivity contribution in [2.24, 2.45) is 0 Å². The Morgan fingerprint density at radius 1 is 0.844 bits per heavy atom. The van der Waals surface area contributed by atoms with Gasteiger partial charge in [0, 0.05) is 6.54 Å². The molecule has 0 saturated carbocycles. The van der Waals surface area contributed by atoms with Crippen LogP contribution in [0, 0.1) is 0 Å². The van der Waals surface area contributed by atoms with Crippen molar-refractivity contribution in [3.8, 4) is 11.5 Å². The number of hydrogen-bond acceptors (Lipinski definition) is 8. The van der Waals surface area contributed by atoms with Crippen LogP contribution in [0.15, 0.2) is 48.5 Å². The second kappa shape index (κ2) is 10.7. The Morgan fingerprint density at radius 3 is 1.81 bits per heavy atom. The minimum Gasteiger partial charge on any atom is -0.497 e. The molecule has 0 radical (unpaired) electrons. The molecule has 0 aliphatic carbocycles. The first-order valence-corrected chi connectivity index (χ1v) is 10.1. The summed E-state index contributed by atoms with van der Waals surface area (Å²) in [6, 6.07) is 14.8. The number of carbonyl (C=O) groups excluding carboxylic acids is 2. The molecule has 32 heavy (non-hydrogen) atoms. The van der Waals surface area contributed by atoms with Crippen LogP contribution in [0.3, 0.4) is 0 Å². The van der Waals surface area contributed by atoms with Crippen LogP contribution >= 0.6 is 0 Å². The monoisotopic (exact) mass is 444 g/mol. The Morgan fingerprint density at radius 2 is 1.38 bits per heavy atom. The molecule has 2 unspecified atom stereocenters. The summed E-state index contributed by atoms with van der Waals surface area (Å²) < 4.78 is 25.5. The molecule has 9 nitrogen and oxygen atoms in total. The number of carbonyl (C=O) groups is 2. The van der Waals surface area contributed by atoms with Gasteiger partial charge in [0.2, 0.25) is 0 Å². The fourth-order valence-corrected chi connectivity index (χ4v) is 3.69. The Balaban J connectivity index is 1.91. The predicted molar refractivity (Wildman–Crippen MR) is 116 cm³/mol. The zero-order valence-electron chi connectivity index (χ0n) is 18.6. The molecule has 1 N–H and O–H groups in total. The topological polar surface area (TPSA) is 95.6 Å². The highest BCUT2D eigenvalue weighted by Crippen LogP contribution is 2.28. The average molecular weight is 444 g/mol. The molecule has 2 aromatic carbocycles. The van der Waals surface area contributed by atoms with Crippen molar-refractivity contribution >= 4 is 12.2 Å². The van der Waals surface area contributed by atoms with Crippen LogP contribution in [0.25, 0.3) is 0 Å². The van der Waals surface area contributed by atoms with Gasteiger partial charge >= 0.3 is 12.2 Å². The van der Waals surface area contributed by atoms with Crippen molar-refractivity contribution in [2.45, 2.75) is 18.2 Å². The molecule has 1 aliphatic heterocycles. The van der Waals surface area contributed by atoms with E-state index in [1.165, 1.54) is 19.1 Å². The molecular weight excluding hydrogens is 416 g/mol. The van der Waals surface area contributed by atoms with Crippen molar-refractivity contribution in [3.63, 3.8) is 0 Å². The van der Waals surface area contributed by atoms with E-state index < -0.39 is 18.4 Å². The smallest absolute Gasteiger partial charge is 0.497 e. The average Bonchev–Trinajstić information content (AvgIpc) is 3.24. The van der Waals surface area contributed by atoms with E-state index in [0.717, 1.165) is 22.6 Å². The van der Waals surface area contributed by atoms with Gasteiger partial charge in [0.25, 0.3) is 0 Å². The zero-order valence-corrected chi connectivity index (χ0v) is 18.6. The number of likely N-dealkylation sites (tertiary alicyclic amines) is 1. The van der Waals surface area contributed by atoms with Gasteiger partial charge in [0.15, 0.2) is 0 Å². The molecule has 0 aromatic heterocycles. The lowest BCUT2D eigenvalue weighted by atomic mass is 9.97. The number of nitrogens with zero attached hydrogens (tertiary/aromatic N) is 1. The maximum atomic E-state index is 12.1. The molecule has 1 heterocycles. The van der Waals surface area contributed by atoms with Gasteiger partial charge in [-0.15, -0.1) is 0 Å². The summed E-state index contributed by atoms with van der Waals surface area (Å²) >= 11 is 0. The first-order valence-electron chi connectivity index (χ1n) is 10.1. The molecule has 2 aromatic rings. The molecule has 172 valence electrons. The van der Waals surface area contributed by atoms with Gasteiger partial charge in [0.05, 0.1) is 47.1 Å². The minimum atomic E-state index is -0.807. The standard InChI is InChI=1S/C23H28N2O7/c1-28-17-9-5-15(6-10-17)21(16-7-11-18(29-2)12-8-16)24-19-13-25(22(26)30-3)14-20(19)32-23(27)31-4/h5-12,19-21,24H,13-14H2,1-4H3. The SMILES string of the molecule is COC(=O)OC1CN(C(=O)OC)CC1NC(c1ccc(OC)cc1)c1ccc(OC)cc1. The molecular formula is C23H28N2O7. The van der Waals surface area contributed by atoms with E-state index in [4.69, 9.17) is 18.9 Å². The first kappa shape index (κ1) is 23.2. The maximum Gasteiger partial charge on any atom is 0.508 e. The highest BCUT2D eigenvalue weighted by Gasteiger charge is 2.40. The van der Waals surface area contributed by atoms with Crippen molar-refractivity contribution in [1.82, 2.24) is 10.2 Å². The molecule has 2 atom stereocenters. The normalized spacial score (nSPS) is 17.7. The van der Waals surface area contributed by atoms with Gasteiger partial charge in [-0.1, -0.05) is 24.3 Å². The lowest BCUT2D eigenvalue weighted by Crippen LogP contribution is -2.43. The lowest BCUT2D eigenvalue weighted by molar-refractivity contribution is 0.0309. The molecule has 1 amide bonds. The van der Waals surface area contributed by atoms with E-state index in [1.807, 2.05) is 48.5 Å². The number of hydrogen-bond donors (Lipinski definition) is 1. The number of benzene rings is 2. The second-order valence-electron chi connectivity index (χ2n) is 7.24. The Kier molecular flexibility index (Phi) is 7.77. The predicted octanol–water partition coefficient (Wildman–Crippen LogP) is 2.99. The quantitative estimate of drug-likeness (QED) is 0.652. The summed E-state index contributed by atoms with van der Waals surface area (Å²) in [6.45, 7) is 0.495. The summed E-state index contributed by atoms with van der Waals surface area (Å²) in [4.78, 5) is 25.4. The van der Waals surface area contributed by atoms with Crippen molar-refractivity contribution in [2.75, 3.05) is 41.5 Å². The number of rotatable bonds is 7. The third kappa shape index (κ3) is 5.42. The van der Waals surface area contributed by atoms with Crippen LogP contribution < -0.4 is 14.8 Å². The molecule has 0 spiro atoms. The Bertz CT molecular complexity index is 854. The van der Waals surface area contributed by atoms with Crippen molar-refractivity contribution < 1.29 is 33.3 Å². The molecule has 9 heteroatoms. The van der Waals surface area contributed by atoms with Crippen LogP contribution in [0.5, 0.6) is 11.5 Å². The largest absolute Gasteiger partial charge is 0.508 e. The van der Waals surface area contributed by atoms with Gasteiger partial charge in [-0.05, 0) is 35.4 Å². The molecule has 1 fully saturated rings. The Labute approximate surface area is 187 Å². The Hall–Kier alpha value is -3.46. The van der Waals surface area contributed by atoms with Gasteiger partial charge in [-0.2, -0.15) is 0 Å². The minimum absolute atomic E-state index is 0.192. The maximum absolute atomic E-state index is 12.1. The van der Waals surface area contributed by atoms with E-state index >= 15 is 0 Å². The van der Waals surface area contributed by atoms with E-state index in [9.17, 15) is 9.59 Å². The van der Waals surface area contributed by atoms with Gasteiger partial charge in [-0.3, -0.25) is 5.32 Å². The highest BCUT2D eigenvalue weighted by atomic mass is 16.7. The van der Waals surface area contributed by atoms with Crippen LogP contribution in [-0.4, -0.2) is 70.8 Å². The molecule has 3 rings (SSSR count). The molecule has 0 bridgehead atoms. The molecule has 1 aliphatic rings.